The zero-order valence-corrected chi connectivity index (χ0v) is 13.9. The van der Waals surface area contributed by atoms with Crippen molar-refractivity contribution in [2.75, 3.05) is 31.3 Å². The van der Waals surface area contributed by atoms with Gasteiger partial charge < -0.3 is 15.4 Å². The Balaban J connectivity index is 2.81. The molecule has 0 heterocycles. The van der Waals surface area contributed by atoms with Crippen molar-refractivity contribution in [1.82, 2.24) is 5.32 Å². The van der Waals surface area contributed by atoms with Crippen LogP contribution < -0.4 is 10.2 Å². The van der Waals surface area contributed by atoms with E-state index in [0.717, 1.165) is 15.7 Å². The van der Waals surface area contributed by atoms with Crippen molar-refractivity contribution in [2.45, 2.75) is 6.42 Å². The standard InChI is InChI=1S/C13H18BrN3O2S/c1-17(2)12-4-3-9(7-10(12)14)8-11(16-19)13(18)15-5-6-20/h3-4,7,19-20H,5-6,8H2,1-2H3,(H,15,18)/b16-11+. The summed E-state index contributed by atoms with van der Waals surface area (Å²) in [5.41, 5.74) is 2.00. The molecule has 7 heteroatoms. The Bertz CT molecular complexity index is 506. The number of amides is 1. The van der Waals surface area contributed by atoms with E-state index in [1.807, 2.05) is 37.2 Å². The van der Waals surface area contributed by atoms with Crippen molar-refractivity contribution in [3.63, 3.8) is 0 Å². The first-order valence-electron chi connectivity index (χ1n) is 6.05. The summed E-state index contributed by atoms with van der Waals surface area (Å²) in [4.78, 5) is 13.7. The fraction of sp³-hybridized carbons (Fsp3) is 0.385. The van der Waals surface area contributed by atoms with E-state index in [0.29, 0.717) is 12.3 Å². The van der Waals surface area contributed by atoms with Crippen LogP contribution in [-0.2, 0) is 11.2 Å². The predicted molar refractivity (Wildman–Crippen MR) is 88.3 cm³/mol. The Morgan fingerprint density at radius 1 is 1.50 bits per heavy atom. The number of rotatable bonds is 6. The van der Waals surface area contributed by atoms with Gasteiger partial charge in [-0.1, -0.05) is 11.2 Å². The molecule has 0 aliphatic rings. The molecule has 0 fully saturated rings. The molecule has 0 bridgehead atoms. The van der Waals surface area contributed by atoms with Gasteiger partial charge in [-0.05, 0) is 33.6 Å². The lowest BCUT2D eigenvalue weighted by Crippen LogP contribution is -2.33. The van der Waals surface area contributed by atoms with Crippen molar-refractivity contribution in [2.24, 2.45) is 5.16 Å². The lowest BCUT2D eigenvalue weighted by atomic mass is 10.1. The van der Waals surface area contributed by atoms with Crippen LogP contribution in [0.2, 0.25) is 0 Å². The normalized spacial score (nSPS) is 11.3. The molecule has 0 aliphatic carbocycles. The molecule has 0 saturated carbocycles. The van der Waals surface area contributed by atoms with Crippen molar-refractivity contribution in [3.8, 4) is 0 Å². The van der Waals surface area contributed by atoms with Gasteiger partial charge in [0.1, 0.15) is 5.71 Å². The van der Waals surface area contributed by atoms with E-state index in [1.165, 1.54) is 0 Å². The monoisotopic (exact) mass is 359 g/mol. The summed E-state index contributed by atoms with van der Waals surface area (Å²) in [7, 11) is 3.90. The lowest BCUT2D eigenvalue weighted by molar-refractivity contribution is -0.114. The molecule has 1 aromatic rings. The zero-order valence-electron chi connectivity index (χ0n) is 11.4. The second-order valence-electron chi connectivity index (χ2n) is 4.38. The number of benzene rings is 1. The van der Waals surface area contributed by atoms with Gasteiger partial charge in [0.25, 0.3) is 5.91 Å². The summed E-state index contributed by atoms with van der Waals surface area (Å²) in [5, 5.41) is 14.7. The first-order chi connectivity index (χ1) is 9.49. The quantitative estimate of drug-likeness (QED) is 0.314. The molecule has 0 aromatic heterocycles. The third kappa shape index (κ3) is 4.72. The highest BCUT2D eigenvalue weighted by atomic mass is 79.9. The molecular formula is C13H18BrN3O2S. The van der Waals surface area contributed by atoms with Crippen LogP contribution >= 0.6 is 28.6 Å². The van der Waals surface area contributed by atoms with Crippen LogP contribution in [0.15, 0.2) is 27.8 Å². The van der Waals surface area contributed by atoms with Gasteiger partial charge >= 0.3 is 0 Å². The minimum absolute atomic E-state index is 0.0799. The van der Waals surface area contributed by atoms with Gasteiger partial charge in [0.2, 0.25) is 0 Å². The van der Waals surface area contributed by atoms with Gasteiger partial charge in [0.05, 0.1) is 5.69 Å². The molecule has 20 heavy (non-hydrogen) atoms. The fourth-order valence-corrected chi connectivity index (χ4v) is 2.54. The third-order valence-electron chi connectivity index (χ3n) is 2.65. The van der Waals surface area contributed by atoms with Crippen LogP contribution in [0.1, 0.15) is 5.56 Å². The number of hydrogen-bond acceptors (Lipinski definition) is 5. The molecule has 0 saturated heterocycles. The van der Waals surface area contributed by atoms with Gasteiger partial charge in [0, 0.05) is 37.3 Å². The average molecular weight is 360 g/mol. The molecule has 2 N–H and O–H groups in total. The maximum atomic E-state index is 11.7. The Morgan fingerprint density at radius 2 is 2.20 bits per heavy atom. The summed E-state index contributed by atoms with van der Waals surface area (Å²) in [6.07, 6.45) is 0.265. The highest BCUT2D eigenvalue weighted by molar-refractivity contribution is 9.10. The van der Waals surface area contributed by atoms with Crippen molar-refractivity contribution in [3.05, 3.63) is 28.2 Å². The molecule has 0 atom stereocenters. The first-order valence-corrected chi connectivity index (χ1v) is 7.48. The van der Waals surface area contributed by atoms with E-state index in [1.54, 1.807) is 0 Å². The van der Waals surface area contributed by atoms with E-state index in [9.17, 15) is 4.79 Å². The first kappa shape index (κ1) is 16.8. The van der Waals surface area contributed by atoms with Crippen LogP contribution in [0.25, 0.3) is 0 Å². The minimum Gasteiger partial charge on any atom is -0.410 e. The van der Waals surface area contributed by atoms with E-state index >= 15 is 0 Å². The highest BCUT2D eigenvalue weighted by Gasteiger charge is 2.13. The number of halogens is 1. The number of nitrogens with zero attached hydrogens (tertiary/aromatic N) is 2. The topological polar surface area (TPSA) is 64.9 Å². The Morgan fingerprint density at radius 3 is 2.70 bits per heavy atom. The maximum Gasteiger partial charge on any atom is 0.269 e. The van der Waals surface area contributed by atoms with Crippen LogP contribution in [0.5, 0.6) is 0 Å². The second-order valence-corrected chi connectivity index (χ2v) is 5.68. The Kier molecular flexibility index (Phi) is 6.87. The predicted octanol–water partition coefficient (Wildman–Crippen LogP) is 1.93. The number of oxime groups is 1. The number of carbonyl (C=O) groups excluding carboxylic acids is 1. The molecule has 0 spiro atoms. The van der Waals surface area contributed by atoms with Gasteiger partial charge in [-0.3, -0.25) is 4.79 Å². The average Bonchev–Trinajstić information content (AvgIpc) is 2.41. The van der Waals surface area contributed by atoms with Crippen molar-refractivity contribution in [1.29, 1.82) is 0 Å². The van der Waals surface area contributed by atoms with E-state index < -0.39 is 0 Å². The summed E-state index contributed by atoms with van der Waals surface area (Å²) >= 11 is 7.49. The zero-order chi connectivity index (χ0) is 15.1. The largest absolute Gasteiger partial charge is 0.410 e. The minimum atomic E-state index is -0.380. The number of nitrogens with one attached hydrogen (secondary N) is 1. The van der Waals surface area contributed by atoms with E-state index in [-0.39, 0.29) is 18.0 Å². The second kappa shape index (κ2) is 8.16. The third-order valence-corrected chi connectivity index (χ3v) is 3.50. The smallest absolute Gasteiger partial charge is 0.269 e. The Labute approximate surface area is 132 Å². The number of thiol groups is 1. The molecule has 1 amide bonds. The molecule has 1 aromatic carbocycles. The maximum absolute atomic E-state index is 11.7. The summed E-state index contributed by atoms with van der Waals surface area (Å²) in [6.45, 7) is 0.435. The van der Waals surface area contributed by atoms with Gasteiger partial charge in [-0.15, -0.1) is 0 Å². The summed E-state index contributed by atoms with van der Waals surface area (Å²) in [6, 6.07) is 5.75. The van der Waals surface area contributed by atoms with Gasteiger partial charge in [-0.2, -0.15) is 12.6 Å². The van der Waals surface area contributed by atoms with Crippen LogP contribution in [0, 0.1) is 0 Å². The van der Waals surface area contributed by atoms with Gasteiger partial charge in [-0.25, -0.2) is 0 Å². The van der Waals surface area contributed by atoms with Crippen LogP contribution in [0.4, 0.5) is 5.69 Å². The highest BCUT2D eigenvalue weighted by Crippen LogP contribution is 2.26. The molecule has 5 nitrogen and oxygen atoms in total. The molecule has 110 valence electrons. The van der Waals surface area contributed by atoms with Crippen molar-refractivity contribution < 1.29 is 10.0 Å². The molecule has 0 radical (unpaired) electrons. The van der Waals surface area contributed by atoms with E-state index in [2.05, 4.69) is 39.0 Å². The fourth-order valence-electron chi connectivity index (χ4n) is 1.65. The molecular weight excluding hydrogens is 342 g/mol. The Hall–Kier alpha value is -1.21. The van der Waals surface area contributed by atoms with E-state index in [4.69, 9.17) is 5.21 Å². The van der Waals surface area contributed by atoms with Crippen LogP contribution in [0.3, 0.4) is 0 Å². The molecule has 0 aliphatic heterocycles. The summed E-state index contributed by atoms with van der Waals surface area (Å²) in [5.74, 6) is 0.155. The SMILES string of the molecule is CN(C)c1ccc(C/C(=N\O)C(=O)NCCS)cc1Br. The molecule has 1 rings (SSSR count). The lowest BCUT2D eigenvalue weighted by Gasteiger charge is -2.15. The number of hydrogen-bond donors (Lipinski definition) is 3. The summed E-state index contributed by atoms with van der Waals surface area (Å²) < 4.78 is 0.924. The van der Waals surface area contributed by atoms with Gasteiger partial charge in [0.15, 0.2) is 0 Å². The van der Waals surface area contributed by atoms with Crippen LogP contribution in [-0.4, -0.2) is 43.2 Å². The number of carbonyl (C=O) groups is 1. The van der Waals surface area contributed by atoms with Crippen molar-refractivity contribution >= 4 is 45.9 Å². The number of anilines is 1. The molecule has 0 unspecified atom stereocenters.